The number of carbonyl (C=O) groups excluding carboxylic acids is 2. The fraction of sp³-hybridized carbons (Fsp3) is 0.100. The first-order valence-electron chi connectivity index (χ1n) is 11.8. The van der Waals surface area contributed by atoms with Crippen molar-refractivity contribution in [3.05, 3.63) is 111 Å². The molecule has 4 N–H and O–H groups in total. The van der Waals surface area contributed by atoms with Crippen LogP contribution in [-0.4, -0.2) is 27.8 Å². The van der Waals surface area contributed by atoms with E-state index in [4.69, 9.17) is 0 Å². The monoisotopic (exact) mass is 491 g/mol. The third kappa shape index (κ3) is 4.43. The Morgan fingerprint density at radius 1 is 0.919 bits per heavy atom. The van der Waals surface area contributed by atoms with Crippen LogP contribution in [0.2, 0.25) is 0 Å². The maximum Gasteiger partial charge on any atom is 0.337 e. The van der Waals surface area contributed by atoms with E-state index in [2.05, 4.69) is 15.6 Å². The van der Waals surface area contributed by atoms with Gasteiger partial charge in [0.2, 0.25) is 0 Å². The minimum atomic E-state index is -1.01. The Morgan fingerprint density at radius 3 is 2.38 bits per heavy atom. The van der Waals surface area contributed by atoms with Gasteiger partial charge in [-0.3, -0.25) is 9.59 Å². The van der Waals surface area contributed by atoms with Crippen molar-refractivity contribution < 1.29 is 19.5 Å². The molecular weight excluding hydrogens is 466 g/mol. The molecule has 37 heavy (non-hydrogen) atoms. The lowest BCUT2D eigenvalue weighted by molar-refractivity contribution is -0.110. The van der Waals surface area contributed by atoms with Crippen LogP contribution in [0, 0.1) is 20.8 Å². The van der Waals surface area contributed by atoms with Gasteiger partial charge in [-0.15, -0.1) is 0 Å². The van der Waals surface area contributed by atoms with E-state index in [0.29, 0.717) is 44.9 Å². The molecule has 0 bridgehead atoms. The lowest BCUT2D eigenvalue weighted by atomic mass is 10.0. The van der Waals surface area contributed by atoms with Crippen LogP contribution in [0.1, 0.15) is 54.4 Å². The van der Waals surface area contributed by atoms with E-state index in [1.165, 1.54) is 0 Å². The third-order valence-electron chi connectivity index (χ3n) is 6.60. The number of aromatic amines is 1. The van der Waals surface area contributed by atoms with E-state index in [-0.39, 0.29) is 17.3 Å². The molecule has 1 aliphatic heterocycles. The third-order valence-corrected chi connectivity index (χ3v) is 6.60. The predicted molar refractivity (Wildman–Crippen MR) is 145 cm³/mol. The zero-order chi connectivity index (χ0) is 26.3. The van der Waals surface area contributed by atoms with E-state index < -0.39 is 5.97 Å². The highest BCUT2D eigenvalue weighted by Crippen LogP contribution is 2.37. The van der Waals surface area contributed by atoms with Gasteiger partial charge in [-0.2, -0.15) is 0 Å². The summed E-state index contributed by atoms with van der Waals surface area (Å²) in [6.45, 7) is 5.37. The quantitative estimate of drug-likeness (QED) is 0.192. The second-order valence-corrected chi connectivity index (χ2v) is 9.09. The molecule has 7 heteroatoms. The molecule has 4 aromatic rings. The number of amides is 1. The SMILES string of the molecule is Cc1ccc(C(=O)c2ccccc2)cc1Nc1ccc2c(c1)C(=Cc1[nH]c(C)c(C(=O)O)c1C)C(=O)N2. The van der Waals surface area contributed by atoms with Gasteiger partial charge in [0, 0.05) is 45.1 Å². The molecule has 0 fully saturated rings. The van der Waals surface area contributed by atoms with Gasteiger partial charge in [0.05, 0.1) is 11.1 Å². The summed E-state index contributed by atoms with van der Waals surface area (Å²) in [5.41, 5.74) is 7.40. The zero-order valence-corrected chi connectivity index (χ0v) is 20.6. The van der Waals surface area contributed by atoms with E-state index in [9.17, 15) is 19.5 Å². The summed E-state index contributed by atoms with van der Waals surface area (Å²) in [5.74, 6) is -1.33. The number of aromatic carboxylic acids is 1. The van der Waals surface area contributed by atoms with Gasteiger partial charge in [0.15, 0.2) is 5.78 Å². The molecule has 0 radical (unpaired) electrons. The molecule has 0 saturated heterocycles. The number of ketones is 1. The molecule has 5 rings (SSSR count). The zero-order valence-electron chi connectivity index (χ0n) is 20.6. The number of nitrogens with one attached hydrogen (secondary N) is 3. The molecule has 1 aliphatic rings. The maximum atomic E-state index is 12.9. The van der Waals surface area contributed by atoms with Crippen molar-refractivity contribution >= 4 is 46.4 Å². The number of hydrogen-bond acceptors (Lipinski definition) is 4. The first-order chi connectivity index (χ1) is 17.7. The summed E-state index contributed by atoms with van der Waals surface area (Å²) in [6, 6.07) is 20.2. The van der Waals surface area contributed by atoms with E-state index in [1.807, 2.05) is 61.5 Å². The van der Waals surface area contributed by atoms with E-state index in [0.717, 1.165) is 16.9 Å². The van der Waals surface area contributed by atoms with Crippen LogP contribution >= 0.6 is 0 Å². The van der Waals surface area contributed by atoms with Crippen molar-refractivity contribution in [3.8, 4) is 0 Å². The number of carboxylic acid groups (broad SMARTS) is 1. The number of hydrogen-bond donors (Lipinski definition) is 4. The minimum Gasteiger partial charge on any atom is -0.478 e. The van der Waals surface area contributed by atoms with Gasteiger partial charge in [0.1, 0.15) is 0 Å². The number of carbonyl (C=O) groups is 3. The van der Waals surface area contributed by atoms with E-state index >= 15 is 0 Å². The highest BCUT2D eigenvalue weighted by atomic mass is 16.4. The fourth-order valence-corrected chi connectivity index (χ4v) is 4.60. The second-order valence-electron chi connectivity index (χ2n) is 9.09. The van der Waals surface area contributed by atoms with Crippen molar-refractivity contribution in [1.82, 2.24) is 4.98 Å². The molecule has 0 spiro atoms. The topological polar surface area (TPSA) is 111 Å². The van der Waals surface area contributed by atoms with Crippen molar-refractivity contribution in [1.29, 1.82) is 0 Å². The molecule has 2 heterocycles. The second kappa shape index (κ2) is 9.28. The number of anilines is 3. The lowest BCUT2D eigenvalue weighted by Gasteiger charge is -2.13. The Hall–Kier alpha value is -4.91. The van der Waals surface area contributed by atoms with Crippen LogP contribution in [0.5, 0.6) is 0 Å². The van der Waals surface area contributed by atoms with Gasteiger partial charge in [0.25, 0.3) is 5.91 Å². The Labute approximate surface area is 213 Å². The summed E-state index contributed by atoms with van der Waals surface area (Å²) in [7, 11) is 0. The Balaban J connectivity index is 1.48. The smallest absolute Gasteiger partial charge is 0.337 e. The van der Waals surface area contributed by atoms with Gasteiger partial charge < -0.3 is 20.7 Å². The number of rotatable bonds is 6. The maximum absolute atomic E-state index is 12.9. The highest BCUT2D eigenvalue weighted by Gasteiger charge is 2.26. The fourth-order valence-electron chi connectivity index (χ4n) is 4.60. The molecule has 0 saturated carbocycles. The van der Waals surface area contributed by atoms with Gasteiger partial charge >= 0.3 is 5.97 Å². The minimum absolute atomic E-state index is 0.0602. The van der Waals surface area contributed by atoms with Crippen molar-refractivity contribution in [3.63, 3.8) is 0 Å². The molecule has 184 valence electrons. The van der Waals surface area contributed by atoms with Gasteiger partial charge in [-0.1, -0.05) is 42.5 Å². The summed E-state index contributed by atoms with van der Waals surface area (Å²) in [5, 5.41) is 15.7. The van der Waals surface area contributed by atoms with Crippen LogP contribution in [0.15, 0.2) is 66.7 Å². The van der Waals surface area contributed by atoms with Crippen LogP contribution in [-0.2, 0) is 4.79 Å². The molecule has 7 nitrogen and oxygen atoms in total. The summed E-state index contributed by atoms with van der Waals surface area (Å²) in [6.07, 6.45) is 1.68. The Morgan fingerprint density at radius 2 is 1.68 bits per heavy atom. The standard InChI is InChI=1S/C30H25N3O4/c1-16-9-10-20(28(34)19-7-5-4-6-8-19)13-25(16)32-21-11-12-24-22(14-21)23(29(35)33-24)15-26-17(2)27(30(36)37)18(3)31-26/h4-15,31-32H,1-3H3,(H,33,35)(H,36,37). The molecule has 0 aliphatic carbocycles. The van der Waals surface area contributed by atoms with Crippen molar-refractivity contribution in [2.45, 2.75) is 20.8 Å². The highest BCUT2D eigenvalue weighted by molar-refractivity contribution is 6.35. The molecule has 1 aromatic heterocycles. The van der Waals surface area contributed by atoms with Crippen LogP contribution < -0.4 is 10.6 Å². The van der Waals surface area contributed by atoms with Crippen LogP contribution in [0.4, 0.5) is 17.1 Å². The summed E-state index contributed by atoms with van der Waals surface area (Å²) in [4.78, 5) is 40.4. The van der Waals surface area contributed by atoms with Crippen LogP contribution in [0.3, 0.4) is 0 Å². The average Bonchev–Trinajstić information content (AvgIpc) is 3.34. The average molecular weight is 492 g/mol. The molecule has 3 aromatic carbocycles. The Bertz CT molecular complexity index is 1610. The predicted octanol–water partition coefficient (Wildman–Crippen LogP) is 6.11. The molecule has 1 amide bonds. The lowest BCUT2D eigenvalue weighted by Crippen LogP contribution is -2.03. The normalized spacial score (nSPS) is 13.4. The van der Waals surface area contributed by atoms with Crippen molar-refractivity contribution in [2.24, 2.45) is 0 Å². The summed E-state index contributed by atoms with van der Waals surface area (Å²) < 4.78 is 0. The first-order valence-corrected chi connectivity index (χ1v) is 11.8. The number of benzene rings is 3. The van der Waals surface area contributed by atoms with Gasteiger partial charge in [-0.05, 0) is 62.2 Å². The number of aryl methyl sites for hydroxylation is 2. The number of fused-ring (bicyclic) bond motifs is 1. The molecule has 0 unspecified atom stereocenters. The summed E-state index contributed by atoms with van der Waals surface area (Å²) >= 11 is 0. The Kier molecular flexibility index (Phi) is 5.97. The van der Waals surface area contributed by atoms with Gasteiger partial charge in [-0.25, -0.2) is 4.79 Å². The number of H-pyrrole nitrogens is 1. The number of aromatic nitrogens is 1. The number of carboxylic acids is 1. The van der Waals surface area contributed by atoms with Crippen LogP contribution in [0.25, 0.3) is 11.6 Å². The first kappa shape index (κ1) is 23.8. The van der Waals surface area contributed by atoms with E-state index in [1.54, 1.807) is 32.1 Å². The van der Waals surface area contributed by atoms with Crippen molar-refractivity contribution in [2.75, 3.05) is 10.6 Å². The molecular formula is C30H25N3O4. The molecule has 0 atom stereocenters. The largest absolute Gasteiger partial charge is 0.478 e.